The summed E-state index contributed by atoms with van der Waals surface area (Å²) < 4.78 is 0. The molecule has 1 unspecified atom stereocenters. The zero-order valence-corrected chi connectivity index (χ0v) is 10.8. The van der Waals surface area contributed by atoms with E-state index in [-0.39, 0.29) is 5.91 Å². The van der Waals surface area contributed by atoms with Gasteiger partial charge < -0.3 is 10.4 Å². The third-order valence-electron chi connectivity index (χ3n) is 2.89. The van der Waals surface area contributed by atoms with Gasteiger partial charge in [0.05, 0.1) is 0 Å². The maximum atomic E-state index is 11.8. The van der Waals surface area contributed by atoms with E-state index in [2.05, 4.69) is 5.32 Å². The van der Waals surface area contributed by atoms with Crippen LogP contribution in [0, 0.1) is 6.92 Å². The van der Waals surface area contributed by atoms with E-state index >= 15 is 0 Å². The third-order valence-corrected chi connectivity index (χ3v) is 2.89. The molecular weight excluding hydrogens is 238 g/mol. The van der Waals surface area contributed by atoms with E-state index in [9.17, 15) is 9.90 Å². The molecule has 2 aromatic carbocycles. The molecule has 0 aliphatic rings. The predicted octanol–water partition coefficient (Wildman–Crippen LogP) is 2.54. The molecule has 0 aliphatic heterocycles. The van der Waals surface area contributed by atoms with Crippen LogP contribution in [0.4, 0.5) is 5.69 Å². The Bertz CT molecular complexity index is 534. The lowest BCUT2D eigenvalue weighted by atomic mass is 10.1. The largest absolute Gasteiger partial charge is 0.383 e. The fourth-order valence-corrected chi connectivity index (χ4v) is 1.79. The lowest BCUT2D eigenvalue weighted by Gasteiger charge is -2.11. The monoisotopic (exact) mass is 255 g/mol. The molecule has 1 atom stereocenters. The number of benzene rings is 2. The van der Waals surface area contributed by atoms with Crippen molar-refractivity contribution in [3.05, 3.63) is 65.7 Å². The number of nitrogens with one attached hydrogen (secondary N) is 1. The Morgan fingerprint density at radius 1 is 1.11 bits per heavy atom. The van der Waals surface area contributed by atoms with Gasteiger partial charge in [0.2, 0.25) is 0 Å². The van der Waals surface area contributed by atoms with Crippen LogP contribution >= 0.6 is 0 Å². The van der Waals surface area contributed by atoms with Gasteiger partial charge >= 0.3 is 0 Å². The summed E-state index contributed by atoms with van der Waals surface area (Å²) >= 11 is 0. The van der Waals surface area contributed by atoms with Crippen molar-refractivity contribution in [2.45, 2.75) is 19.4 Å². The van der Waals surface area contributed by atoms with Gasteiger partial charge in [0.25, 0.3) is 5.91 Å². The first-order chi connectivity index (χ1) is 9.15. The quantitative estimate of drug-likeness (QED) is 0.882. The van der Waals surface area contributed by atoms with Gasteiger partial charge in [-0.3, -0.25) is 4.79 Å². The number of hydrogen-bond donors (Lipinski definition) is 2. The van der Waals surface area contributed by atoms with E-state index in [1.54, 1.807) is 0 Å². The summed E-state index contributed by atoms with van der Waals surface area (Å²) in [5.41, 5.74) is 2.76. The Morgan fingerprint density at radius 3 is 2.37 bits per heavy atom. The molecule has 0 saturated carbocycles. The van der Waals surface area contributed by atoms with Crippen LogP contribution < -0.4 is 5.32 Å². The van der Waals surface area contributed by atoms with E-state index < -0.39 is 6.10 Å². The van der Waals surface area contributed by atoms with Gasteiger partial charge in [-0.25, -0.2) is 0 Å². The molecule has 0 radical (unpaired) electrons. The van der Waals surface area contributed by atoms with Crippen molar-refractivity contribution in [3.8, 4) is 0 Å². The Labute approximate surface area is 112 Å². The number of aliphatic hydroxyl groups is 1. The summed E-state index contributed by atoms with van der Waals surface area (Å²) in [6.07, 6.45) is -0.720. The lowest BCUT2D eigenvalue weighted by Crippen LogP contribution is -2.29. The van der Waals surface area contributed by atoms with Crippen molar-refractivity contribution in [2.75, 3.05) is 5.32 Å². The molecular formula is C16H17NO2. The normalized spacial score (nSPS) is 11.9. The molecule has 0 aromatic heterocycles. The SMILES string of the molecule is Cc1ccc(NC(=O)C(O)Cc2ccccc2)cc1. The maximum absolute atomic E-state index is 11.8. The summed E-state index contributed by atoms with van der Waals surface area (Å²) in [6.45, 7) is 1.98. The first-order valence-corrected chi connectivity index (χ1v) is 6.24. The van der Waals surface area contributed by atoms with Crippen LogP contribution in [0.15, 0.2) is 54.6 Å². The fourth-order valence-electron chi connectivity index (χ4n) is 1.79. The van der Waals surface area contributed by atoms with Crippen molar-refractivity contribution < 1.29 is 9.90 Å². The van der Waals surface area contributed by atoms with Crippen LogP contribution in [0.1, 0.15) is 11.1 Å². The van der Waals surface area contributed by atoms with Crippen LogP contribution in [0.25, 0.3) is 0 Å². The lowest BCUT2D eigenvalue weighted by molar-refractivity contribution is -0.123. The topological polar surface area (TPSA) is 49.3 Å². The molecule has 0 fully saturated rings. The summed E-state index contributed by atoms with van der Waals surface area (Å²) in [5.74, 6) is -0.382. The predicted molar refractivity (Wildman–Crippen MR) is 76.0 cm³/mol. The van der Waals surface area contributed by atoms with Crippen molar-refractivity contribution in [2.24, 2.45) is 0 Å². The van der Waals surface area contributed by atoms with Crippen LogP contribution in [0.5, 0.6) is 0 Å². The standard InChI is InChI=1S/C16H17NO2/c1-12-7-9-14(10-8-12)17-16(19)15(18)11-13-5-3-2-4-6-13/h2-10,15,18H,11H2,1H3,(H,17,19). The average Bonchev–Trinajstić information content (AvgIpc) is 2.42. The summed E-state index contributed by atoms with van der Waals surface area (Å²) in [7, 11) is 0. The Kier molecular flexibility index (Phi) is 4.31. The van der Waals surface area contributed by atoms with Gasteiger partial charge in [-0.1, -0.05) is 48.0 Å². The molecule has 98 valence electrons. The van der Waals surface area contributed by atoms with Gasteiger partial charge in [-0.2, -0.15) is 0 Å². The molecule has 0 saturated heterocycles. The van der Waals surface area contributed by atoms with Crippen LogP contribution in [0.2, 0.25) is 0 Å². The molecule has 3 heteroatoms. The second kappa shape index (κ2) is 6.16. The van der Waals surface area contributed by atoms with E-state index in [1.807, 2.05) is 61.5 Å². The molecule has 3 nitrogen and oxygen atoms in total. The number of hydrogen-bond acceptors (Lipinski definition) is 2. The van der Waals surface area contributed by atoms with Crippen molar-refractivity contribution in [1.29, 1.82) is 0 Å². The maximum Gasteiger partial charge on any atom is 0.253 e. The zero-order chi connectivity index (χ0) is 13.7. The van der Waals surface area contributed by atoms with E-state index in [0.29, 0.717) is 12.1 Å². The number of amides is 1. The fraction of sp³-hybridized carbons (Fsp3) is 0.188. The number of aryl methyl sites for hydroxylation is 1. The molecule has 0 heterocycles. The minimum absolute atomic E-state index is 0.318. The first kappa shape index (κ1) is 13.3. The highest BCUT2D eigenvalue weighted by molar-refractivity contribution is 5.94. The highest BCUT2D eigenvalue weighted by Gasteiger charge is 2.15. The van der Waals surface area contributed by atoms with Gasteiger partial charge in [0.15, 0.2) is 0 Å². The van der Waals surface area contributed by atoms with Crippen molar-refractivity contribution in [3.63, 3.8) is 0 Å². The van der Waals surface area contributed by atoms with Gasteiger partial charge in [-0.15, -0.1) is 0 Å². The second-order valence-corrected chi connectivity index (χ2v) is 4.56. The third kappa shape index (κ3) is 3.93. The Morgan fingerprint density at radius 2 is 1.74 bits per heavy atom. The highest BCUT2D eigenvalue weighted by Crippen LogP contribution is 2.10. The van der Waals surface area contributed by atoms with Crippen molar-refractivity contribution in [1.82, 2.24) is 0 Å². The smallest absolute Gasteiger partial charge is 0.253 e. The molecule has 2 aromatic rings. The molecule has 2 N–H and O–H groups in total. The number of anilines is 1. The van der Waals surface area contributed by atoms with Crippen LogP contribution in [-0.4, -0.2) is 17.1 Å². The van der Waals surface area contributed by atoms with Gasteiger partial charge in [0, 0.05) is 12.1 Å². The molecule has 0 bridgehead atoms. The second-order valence-electron chi connectivity index (χ2n) is 4.56. The van der Waals surface area contributed by atoms with Crippen LogP contribution in [-0.2, 0) is 11.2 Å². The highest BCUT2D eigenvalue weighted by atomic mass is 16.3. The minimum atomic E-state index is -1.04. The van der Waals surface area contributed by atoms with E-state index in [1.165, 1.54) is 0 Å². The van der Waals surface area contributed by atoms with Gasteiger partial charge in [0.1, 0.15) is 6.10 Å². The number of rotatable bonds is 4. The van der Waals surface area contributed by atoms with E-state index in [0.717, 1.165) is 11.1 Å². The molecule has 19 heavy (non-hydrogen) atoms. The minimum Gasteiger partial charge on any atom is -0.383 e. The summed E-state index contributed by atoms with van der Waals surface area (Å²) in [6, 6.07) is 16.9. The number of carbonyl (C=O) groups is 1. The summed E-state index contributed by atoms with van der Waals surface area (Å²) in [4.78, 5) is 11.8. The molecule has 0 aliphatic carbocycles. The summed E-state index contributed by atoms with van der Waals surface area (Å²) in [5, 5.41) is 12.6. The average molecular weight is 255 g/mol. The van der Waals surface area contributed by atoms with Gasteiger partial charge in [-0.05, 0) is 24.6 Å². The Balaban J connectivity index is 1.94. The molecule has 2 rings (SSSR count). The van der Waals surface area contributed by atoms with Crippen LogP contribution in [0.3, 0.4) is 0 Å². The number of aliphatic hydroxyl groups excluding tert-OH is 1. The number of carbonyl (C=O) groups excluding carboxylic acids is 1. The molecule has 1 amide bonds. The Hall–Kier alpha value is -2.13. The van der Waals surface area contributed by atoms with Crippen molar-refractivity contribution >= 4 is 11.6 Å². The zero-order valence-electron chi connectivity index (χ0n) is 10.8. The van der Waals surface area contributed by atoms with E-state index in [4.69, 9.17) is 0 Å². The first-order valence-electron chi connectivity index (χ1n) is 6.24. The molecule has 0 spiro atoms.